The fourth-order valence-electron chi connectivity index (χ4n) is 8.89. The molecule has 2 heterocycles. The predicted octanol–water partition coefficient (Wildman–Crippen LogP) is 16.1. The summed E-state index contributed by atoms with van der Waals surface area (Å²) in [5, 5.41) is 0. The van der Waals surface area contributed by atoms with E-state index in [1.165, 1.54) is 55.4 Å². The molecule has 5 rings (SSSR count). The Hall–Kier alpha value is -3.97. The van der Waals surface area contributed by atoms with Gasteiger partial charge in [-0.3, -0.25) is 0 Å². The zero-order valence-electron chi connectivity index (χ0n) is 43.4. The second-order valence-electron chi connectivity index (χ2n) is 22.2. The van der Waals surface area contributed by atoms with Gasteiger partial charge >= 0.3 is 110 Å². The van der Waals surface area contributed by atoms with Gasteiger partial charge in [0.2, 0.25) is 0 Å². The maximum absolute atomic E-state index is 16.1. The fraction of sp³-hybridized carbons (Fsp3) is 0.733. The Balaban J connectivity index is 1.82. The number of fused-ring (bicyclic) bond motifs is 3. The van der Waals surface area contributed by atoms with Crippen molar-refractivity contribution in [1.29, 1.82) is 0 Å². The second-order valence-corrected chi connectivity index (χ2v) is 22.2. The molecule has 85 heavy (non-hydrogen) atoms. The molecule has 0 unspecified atom stereocenters. The Kier molecular flexibility index (Phi) is 16.5. The average molecular weight is 1310 g/mol. The van der Waals surface area contributed by atoms with Crippen LogP contribution in [0.5, 0.6) is 0 Å². The molecule has 0 amide bonds. The number of halogens is 34. The molecule has 0 saturated carbocycles. The Morgan fingerprint density at radius 2 is 0.494 bits per heavy atom. The normalized spacial score (nSPS) is 20.5. The molecule has 0 atom stereocenters. The molecule has 4 nitrogen and oxygen atoms in total. The predicted molar refractivity (Wildman–Crippen MR) is 224 cm³/mol. The van der Waals surface area contributed by atoms with Crippen molar-refractivity contribution in [1.82, 2.24) is 0 Å². The van der Waals surface area contributed by atoms with Crippen LogP contribution in [0.1, 0.15) is 92.2 Å². The minimum absolute atomic E-state index is 0.441. The third kappa shape index (κ3) is 9.71. The molecule has 2 aromatic rings. The van der Waals surface area contributed by atoms with Crippen LogP contribution >= 0.6 is 0 Å². The lowest BCUT2D eigenvalue weighted by Gasteiger charge is -2.44. The monoisotopic (exact) mass is 1310 g/mol. The van der Waals surface area contributed by atoms with Crippen molar-refractivity contribution in [3.05, 3.63) is 47.5 Å². The van der Waals surface area contributed by atoms with Crippen molar-refractivity contribution in [2.45, 2.75) is 204 Å². The highest BCUT2D eigenvalue weighted by atomic mass is 19.4. The van der Waals surface area contributed by atoms with Gasteiger partial charge in [-0.25, -0.2) is 0 Å². The molecule has 1 aliphatic carbocycles. The van der Waals surface area contributed by atoms with Crippen molar-refractivity contribution in [2.24, 2.45) is 0 Å². The number of alkyl halides is 34. The van der Waals surface area contributed by atoms with Gasteiger partial charge in [-0.05, 0) is 101 Å². The molecule has 486 valence electrons. The van der Waals surface area contributed by atoms with Gasteiger partial charge in [-0.2, -0.15) is 149 Å². The highest BCUT2D eigenvalue weighted by Crippen LogP contribution is 2.68. The van der Waals surface area contributed by atoms with Crippen LogP contribution in [-0.2, 0) is 24.0 Å². The van der Waals surface area contributed by atoms with Crippen LogP contribution in [0, 0.1) is 0 Å². The molecule has 3 aliphatic rings. The molecule has 0 radical (unpaired) electrons. The highest BCUT2D eigenvalue weighted by molar-refractivity contribution is 6.62. The lowest BCUT2D eigenvalue weighted by Crippen LogP contribution is -2.74. The van der Waals surface area contributed by atoms with Gasteiger partial charge in [-0.15, -0.1) is 0 Å². The van der Waals surface area contributed by atoms with Crippen molar-refractivity contribution in [3.63, 3.8) is 0 Å². The molecule has 2 saturated heterocycles. The van der Waals surface area contributed by atoms with Crippen molar-refractivity contribution in [2.75, 3.05) is 0 Å². The summed E-state index contributed by atoms with van der Waals surface area (Å²) in [4.78, 5) is 0. The van der Waals surface area contributed by atoms with Crippen molar-refractivity contribution >= 4 is 25.2 Å². The summed E-state index contributed by atoms with van der Waals surface area (Å²) in [6.45, 7) is 10.3. The number of benzene rings is 2. The van der Waals surface area contributed by atoms with Gasteiger partial charge < -0.3 is 18.6 Å². The first kappa shape index (κ1) is 71.8. The van der Waals surface area contributed by atoms with Crippen LogP contribution in [0.25, 0.3) is 11.1 Å². The minimum Gasteiger partial charge on any atom is -0.399 e. The average Bonchev–Trinajstić information content (AvgIpc) is 3.81. The first-order valence-electron chi connectivity index (χ1n) is 23.4. The van der Waals surface area contributed by atoms with Crippen molar-refractivity contribution in [3.8, 4) is 11.1 Å². The molecule has 40 heteroatoms. The van der Waals surface area contributed by atoms with Gasteiger partial charge in [0, 0.05) is 18.3 Å². The summed E-state index contributed by atoms with van der Waals surface area (Å²) in [5.41, 5.74) is -15.1. The Bertz CT molecular complexity index is 2630. The largest absolute Gasteiger partial charge is 0.494 e. The molecule has 2 fully saturated rings. The quantitative estimate of drug-likeness (QED) is 0.0978. The van der Waals surface area contributed by atoms with Crippen LogP contribution in [0.15, 0.2) is 36.4 Å². The lowest BCUT2D eigenvalue weighted by molar-refractivity contribution is -0.462. The van der Waals surface area contributed by atoms with E-state index in [0.717, 1.165) is 12.1 Å². The smallest absolute Gasteiger partial charge is 0.399 e. The third-order valence-corrected chi connectivity index (χ3v) is 15.8. The van der Waals surface area contributed by atoms with E-state index in [1.807, 2.05) is 0 Å². The third-order valence-electron chi connectivity index (χ3n) is 15.8. The van der Waals surface area contributed by atoms with Crippen LogP contribution in [-0.4, -0.2) is 132 Å². The molecule has 0 aromatic heterocycles. The first-order chi connectivity index (χ1) is 37.0. The van der Waals surface area contributed by atoms with E-state index in [1.54, 1.807) is 0 Å². The summed E-state index contributed by atoms with van der Waals surface area (Å²) in [6.07, 6.45) is -29.2. The van der Waals surface area contributed by atoms with E-state index in [9.17, 15) is 96.6 Å². The maximum atomic E-state index is 16.1. The van der Waals surface area contributed by atoms with E-state index in [0.29, 0.717) is 24.3 Å². The number of hydrogen-bond donors (Lipinski definition) is 0. The van der Waals surface area contributed by atoms with Crippen molar-refractivity contribution < 1.29 is 168 Å². The number of hydrogen-bond acceptors (Lipinski definition) is 4. The Labute approximate surface area is 455 Å². The van der Waals surface area contributed by atoms with Gasteiger partial charge in [0.25, 0.3) is 0 Å². The van der Waals surface area contributed by atoms with Crippen LogP contribution < -0.4 is 10.9 Å². The van der Waals surface area contributed by atoms with E-state index >= 15 is 52.7 Å². The molecule has 0 N–H and O–H groups in total. The molecular formula is C45H38B2F34O4. The molecule has 0 spiro atoms. The fourth-order valence-corrected chi connectivity index (χ4v) is 8.89. The minimum atomic E-state index is -9.23. The zero-order chi connectivity index (χ0) is 67.0. The Morgan fingerprint density at radius 1 is 0.294 bits per heavy atom. The van der Waals surface area contributed by atoms with Gasteiger partial charge in [0.05, 0.1) is 22.4 Å². The van der Waals surface area contributed by atoms with Gasteiger partial charge in [0.1, 0.15) is 0 Å². The standard InChI is InChI=1S/C45H38B2F34O4/c1-25(2)26(3,4)83-46(82-25)19-9-11-21-22-12-10-20(47-84-27(5,6)28(7,8)85-47)18-24(22)29(23(21)17-19,13-15-30(48,49)32(52,53)34(56,57)36(60,61)38(64,65)40(68,69)42(72,73)44(76,77)78)14-16-31(50,51)33(54,55)35(58,59)37(62,63)39(66,67)41(70,71)43(74,75)45(79,80)81/h9-12,17-18H,13-16H2,1-8H3. The molecule has 2 aliphatic heterocycles. The summed E-state index contributed by atoms with van der Waals surface area (Å²) >= 11 is 0. The van der Waals surface area contributed by atoms with E-state index in [-0.39, 0.29) is 0 Å². The summed E-state index contributed by atoms with van der Waals surface area (Å²) < 4.78 is 515. The molecule has 2 aromatic carbocycles. The van der Waals surface area contributed by atoms with E-state index in [2.05, 4.69) is 0 Å². The van der Waals surface area contributed by atoms with E-state index in [4.69, 9.17) is 18.6 Å². The molecule has 0 bridgehead atoms. The SMILES string of the molecule is CC1(C)OB(c2ccc3c(c2)C(CCC(F)(F)C(F)(F)C(F)(F)C(F)(F)C(F)(F)C(F)(F)C(F)(F)C(F)(F)F)(CCC(F)(F)C(F)(F)C(F)(F)C(F)(F)C(F)(F)C(F)(F)C(F)(F)C(F)(F)F)c2cc(B4OC(C)(C)C(C)(C)O4)ccc2-3)OC1(C)C. The molecular weight excluding hydrogens is 1270 g/mol. The van der Waals surface area contributed by atoms with Crippen LogP contribution in [0.2, 0.25) is 0 Å². The Morgan fingerprint density at radius 3 is 0.706 bits per heavy atom. The van der Waals surface area contributed by atoms with Gasteiger partial charge in [0.15, 0.2) is 0 Å². The second kappa shape index (κ2) is 19.5. The first-order valence-corrected chi connectivity index (χ1v) is 23.4. The zero-order valence-corrected chi connectivity index (χ0v) is 43.4. The summed E-state index contributed by atoms with van der Waals surface area (Å²) in [5.74, 6) is -122. The summed E-state index contributed by atoms with van der Waals surface area (Å²) in [7, 11) is -3.80. The summed E-state index contributed by atoms with van der Waals surface area (Å²) in [6, 6.07) is 4.08. The van der Waals surface area contributed by atoms with Crippen LogP contribution in [0.4, 0.5) is 149 Å². The topological polar surface area (TPSA) is 36.9 Å². The lowest BCUT2D eigenvalue weighted by atomic mass is 9.66. The van der Waals surface area contributed by atoms with Crippen LogP contribution in [0.3, 0.4) is 0 Å². The highest BCUT2D eigenvalue weighted by Gasteiger charge is 2.97. The maximum Gasteiger partial charge on any atom is 0.494 e. The number of rotatable bonds is 20. The van der Waals surface area contributed by atoms with Gasteiger partial charge in [-0.1, -0.05) is 36.4 Å². The van der Waals surface area contributed by atoms with E-state index < -0.39 is 196 Å².